The van der Waals surface area contributed by atoms with E-state index in [2.05, 4.69) is 18.7 Å². The van der Waals surface area contributed by atoms with Gasteiger partial charge in [0.15, 0.2) is 0 Å². The highest BCUT2D eigenvalue weighted by molar-refractivity contribution is 5.82. The Labute approximate surface area is 105 Å². The number of nitrogens with two attached hydrogens (primary N) is 1. The molecule has 2 aliphatic rings. The molecule has 1 aliphatic carbocycles. The molecule has 0 amide bonds. The number of rotatable bonds is 4. The van der Waals surface area contributed by atoms with Gasteiger partial charge in [-0.05, 0) is 51.1 Å². The van der Waals surface area contributed by atoms with Crippen molar-refractivity contribution in [1.29, 1.82) is 5.41 Å². The average Bonchev–Trinajstić information content (AvgIpc) is 2.74. The Morgan fingerprint density at radius 1 is 1.29 bits per heavy atom. The highest BCUT2D eigenvalue weighted by Gasteiger charge is 2.35. The van der Waals surface area contributed by atoms with Gasteiger partial charge in [0.1, 0.15) is 0 Å². The predicted octanol–water partition coefficient (Wildman–Crippen LogP) is 2.60. The maximum absolute atomic E-state index is 7.62. The summed E-state index contributed by atoms with van der Waals surface area (Å²) in [6.07, 6.45) is 8.08. The molecule has 0 aromatic rings. The van der Waals surface area contributed by atoms with Crippen molar-refractivity contribution in [3.05, 3.63) is 0 Å². The molecule has 2 unspecified atom stereocenters. The highest BCUT2D eigenvalue weighted by Crippen LogP contribution is 2.37. The second-order valence-electron chi connectivity index (χ2n) is 6.48. The third kappa shape index (κ3) is 2.82. The topological polar surface area (TPSA) is 53.1 Å². The van der Waals surface area contributed by atoms with E-state index in [1.54, 1.807) is 0 Å². The molecule has 2 rings (SSSR count). The first-order valence-electron chi connectivity index (χ1n) is 7.09. The van der Waals surface area contributed by atoms with Gasteiger partial charge < -0.3 is 10.6 Å². The first-order valence-corrected chi connectivity index (χ1v) is 7.09. The highest BCUT2D eigenvalue weighted by atomic mass is 15.2. The predicted molar refractivity (Wildman–Crippen MR) is 72.2 cm³/mol. The molecule has 3 N–H and O–H groups in total. The minimum atomic E-state index is -0.133. The zero-order chi connectivity index (χ0) is 12.5. The molecule has 3 heteroatoms. The van der Waals surface area contributed by atoms with Crippen molar-refractivity contribution in [3.63, 3.8) is 0 Å². The van der Waals surface area contributed by atoms with Gasteiger partial charge in [0, 0.05) is 11.5 Å². The van der Waals surface area contributed by atoms with E-state index in [0.717, 1.165) is 24.9 Å². The largest absolute Gasteiger partial charge is 0.387 e. The Kier molecular flexibility index (Phi) is 3.76. The van der Waals surface area contributed by atoms with E-state index >= 15 is 0 Å². The second-order valence-corrected chi connectivity index (χ2v) is 6.48. The van der Waals surface area contributed by atoms with Crippen molar-refractivity contribution < 1.29 is 0 Å². The molecular formula is C14H27N3. The summed E-state index contributed by atoms with van der Waals surface area (Å²) in [5.74, 6) is 1.29. The molecule has 1 saturated carbocycles. The standard InChI is InChI=1S/C14H27N3/c1-14(2,13(15)16)8-10-17-9-4-6-11-5-3-7-12(11)17/h11-12H,3-10H2,1-2H3,(H3,15,16). The van der Waals surface area contributed by atoms with Crippen LogP contribution in [0.4, 0.5) is 0 Å². The third-order valence-electron chi connectivity index (χ3n) is 4.86. The normalized spacial score (nSPS) is 30.2. The van der Waals surface area contributed by atoms with Crippen LogP contribution >= 0.6 is 0 Å². The Hall–Kier alpha value is -0.570. The lowest BCUT2D eigenvalue weighted by Crippen LogP contribution is -2.45. The number of nitrogens with one attached hydrogen (secondary N) is 1. The Morgan fingerprint density at radius 2 is 2.00 bits per heavy atom. The summed E-state index contributed by atoms with van der Waals surface area (Å²) < 4.78 is 0. The molecule has 0 aromatic heterocycles. The number of hydrogen-bond acceptors (Lipinski definition) is 2. The van der Waals surface area contributed by atoms with Crippen molar-refractivity contribution in [2.45, 2.75) is 58.4 Å². The summed E-state index contributed by atoms with van der Waals surface area (Å²) in [4.78, 5) is 2.67. The molecule has 1 heterocycles. The van der Waals surface area contributed by atoms with Crippen LogP contribution in [0.3, 0.4) is 0 Å². The van der Waals surface area contributed by atoms with E-state index in [0.29, 0.717) is 5.84 Å². The van der Waals surface area contributed by atoms with E-state index in [-0.39, 0.29) is 5.41 Å². The minimum Gasteiger partial charge on any atom is -0.387 e. The van der Waals surface area contributed by atoms with Crippen molar-refractivity contribution >= 4 is 5.84 Å². The van der Waals surface area contributed by atoms with Gasteiger partial charge in [0.2, 0.25) is 0 Å². The van der Waals surface area contributed by atoms with Crippen LogP contribution in [0.5, 0.6) is 0 Å². The van der Waals surface area contributed by atoms with Crippen LogP contribution in [0.2, 0.25) is 0 Å². The number of fused-ring (bicyclic) bond motifs is 1. The molecule has 2 atom stereocenters. The van der Waals surface area contributed by atoms with Gasteiger partial charge >= 0.3 is 0 Å². The Bertz CT molecular complexity index is 285. The Balaban J connectivity index is 1.88. The third-order valence-corrected chi connectivity index (χ3v) is 4.86. The van der Waals surface area contributed by atoms with Gasteiger partial charge in [-0.15, -0.1) is 0 Å². The number of likely N-dealkylation sites (tertiary alicyclic amines) is 1. The van der Waals surface area contributed by atoms with Gasteiger partial charge in [-0.25, -0.2) is 0 Å². The van der Waals surface area contributed by atoms with E-state index in [4.69, 9.17) is 11.1 Å². The van der Waals surface area contributed by atoms with Crippen LogP contribution in [-0.2, 0) is 0 Å². The van der Waals surface area contributed by atoms with Gasteiger partial charge in [-0.3, -0.25) is 5.41 Å². The van der Waals surface area contributed by atoms with E-state index in [9.17, 15) is 0 Å². The molecule has 0 radical (unpaired) electrons. The summed E-state index contributed by atoms with van der Waals surface area (Å²) >= 11 is 0. The van der Waals surface area contributed by atoms with Gasteiger partial charge in [0.05, 0.1) is 5.84 Å². The molecule has 1 saturated heterocycles. The summed E-state index contributed by atoms with van der Waals surface area (Å²) in [6, 6.07) is 0.839. The van der Waals surface area contributed by atoms with Crippen LogP contribution in [0.25, 0.3) is 0 Å². The summed E-state index contributed by atoms with van der Waals surface area (Å²) in [7, 11) is 0. The molecule has 1 aliphatic heterocycles. The van der Waals surface area contributed by atoms with E-state index in [1.165, 1.54) is 38.6 Å². The minimum absolute atomic E-state index is 0.133. The monoisotopic (exact) mass is 237 g/mol. The first kappa shape index (κ1) is 12.9. The summed E-state index contributed by atoms with van der Waals surface area (Å²) in [5, 5.41) is 7.62. The molecule has 98 valence electrons. The fraction of sp³-hybridized carbons (Fsp3) is 0.929. The SMILES string of the molecule is CC(C)(CCN1CCCC2CCCC21)C(=N)N. The lowest BCUT2D eigenvalue weighted by Gasteiger charge is -2.39. The van der Waals surface area contributed by atoms with Crippen LogP contribution in [0.15, 0.2) is 0 Å². The van der Waals surface area contributed by atoms with E-state index < -0.39 is 0 Å². The molecule has 2 fully saturated rings. The van der Waals surface area contributed by atoms with Crippen molar-refractivity contribution in [3.8, 4) is 0 Å². The lowest BCUT2D eigenvalue weighted by atomic mass is 9.86. The smallest absolute Gasteiger partial charge is 0.0963 e. The lowest BCUT2D eigenvalue weighted by molar-refractivity contribution is 0.104. The van der Waals surface area contributed by atoms with Crippen LogP contribution < -0.4 is 5.73 Å². The van der Waals surface area contributed by atoms with Crippen LogP contribution in [0.1, 0.15) is 52.4 Å². The number of piperidine rings is 1. The van der Waals surface area contributed by atoms with Gasteiger partial charge in [-0.1, -0.05) is 20.3 Å². The average molecular weight is 237 g/mol. The maximum atomic E-state index is 7.62. The fourth-order valence-electron chi connectivity index (χ4n) is 3.39. The molecule has 0 spiro atoms. The second kappa shape index (κ2) is 4.97. The van der Waals surface area contributed by atoms with Gasteiger partial charge in [0.25, 0.3) is 0 Å². The molecular weight excluding hydrogens is 210 g/mol. The number of hydrogen-bond donors (Lipinski definition) is 2. The first-order chi connectivity index (χ1) is 8.00. The van der Waals surface area contributed by atoms with Crippen molar-refractivity contribution in [2.24, 2.45) is 17.1 Å². The molecule has 3 nitrogen and oxygen atoms in total. The number of nitrogens with zero attached hydrogens (tertiary/aromatic N) is 1. The zero-order valence-corrected chi connectivity index (χ0v) is 11.3. The van der Waals surface area contributed by atoms with E-state index in [1.807, 2.05) is 0 Å². The molecule has 17 heavy (non-hydrogen) atoms. The molecule has 0 aromatic carbocycles. The van der Waals surface area contributed by atoms with Crippen molar-refractivity contribution in [1.82, 2.24) is 4.90 Å². The number of amidine groups is 1. The van der Waals surface area contributed by atoms with Crippen LogP contribution in [0, 0.1) is 16.7 Å². The van der Waals surface area contributed by atoms with Gasteiger partial charge in [-0.2, -0.15) is 0 Å². The summed E-state index contributed by atoms with van der Waals surface area (Å²) in [5.41, 5.74) is 5.52. The summed E-state index contributed by atoms with van der Waals surface area (Å²) in [6.45, 7) is 6.56. The zero-order valence-electron chi connectivity index (χ0n) is 11.3. The Morgan fingerprint density at radius 3 is 2.71 bits per heavy atom. The van der Waals surface area contributed by atoms with Crippen LogP contribution in [-0.4, -0.2) is 29.9 Å². The maximum Gasteiger partial charge on any atom is 0.0963 e. The van der Waals surface area contributed by atoms with Crippen molar-refractivity contribution in [2.75, 3.05) is 13.1 Å². The fourth-order valence-corrected chi connectivity index (χ4v) is 3.39. The molecule has 0 bridgehead atoms. The quantitative estimate of drug-likeness (QED) is 0.583.